The van der Waals surface area contributed by atoms with E-state index in [-0.39, 0.29) is 39.8 Å². The molecule has 0 aliphatic carbocycles. The monoisotopic (exact) mass is 444 g/mol. The first-order chi connectivity index (χ1) is 15.8. The van der Waals surface area contributed by atoms with E-state index in [1.807, 2.05) is 31.2 Å². The van der Waals surface area contributed by atoms with E-state index in [1.54, 1.807) is 6.08 Å². The number of carbonyl (C=O) groups excluding carboxylic acids is 1. The highest BCUT2D eigenvalue weighted by Crippen LogP contribution is 2.36. The van der Waals surface area contributed by atoms with Crippen LogP contribution in [0.3, 0.4) is 0 Å². The van der Waals surface area contributed by atoms with Gasteiger partial charge in [0, 0.05) is 17.7 Å². The van der Waals surface area contributed by atoms with E-state index in [9.17, 15) is 24.9 Å². The Morgan fingerprint density at radius 2 is 1.67 bits per heavy atom. The number of fused-ring (bicyclic) bond motifs is 1. The molecule has 7 heteroatoms. The summed E-state index contributed by atoms with van der Waals surface area (Å²) in [5.41, 5.74) is 1.58. The molecule has 0 radical (unpaired) electrons. The highest BCUT2D eigenvalue weighted by molar-refractivity contribution is 5.95. The highest BCUT2D eigenvalue weighted by Gasteiger charge is 2.21. The number of hydrogen-bond acceptors (Lipinski definition) is 7. The number of ketones is 1. The summed E-state index contributed by atoms with van der Waals surface area (Å²) in [5.74, 6) is -1.42. The van der Waals surface area contributed by atoms with Crippen LogP contribution in [0.2, 0.25) is 0 Å². The summed E-state index contributed by atoms with van der Waals surface area (Å²) in [6.45, 7) is 1.52. The lowest BCUT2D eigenvalue weighted by Gasteiger charge is -2.12. The van der Waals surface area contributed by atoms with Crippen LogP contribution in [0.1, 0.15) is 11.1 Å². The summed E-state index contributed by atoms with van der Waals surface area (Å²) in [6, 6.07) is 15.6. The number of benzene rings is 3. The second kappa shape index (κ2) is 8.92. The van der Waals surface area contributed by atoms with Crippen molar-refractivity contribution in [3.8, 4) is 34.3 Å². The molecular formula is C26H20O7. The van der Waals surface area contributed by atoms with Crippen LogP contribution >= 0.6 is 0 Å². The largest absolute Gasteiger partial charge is 0.508 e. The van der Waals surface area contributed by atoms with E-state index in [2.05, 4.69) is 0 Å². The summed E-state index contributed by atoms with van der Waals surface area (Å²) in [7, 11) is 0. The molecular weight excluding hydrogens is 424 g/mol. The lowest BCUT2D eigenvalue weighted by atomic mass is 10.1. The third-order valence-electron chi connectivity index (χ3n) is 4.94. The van der Waals surface area contributed by atoms with Gasteiger partial charge in [0.15, 0.2) is 18.2 Å². The first-order valence-corrected chi connectivity index (χ1v) is 10.0. The first kappa shape index (κ1) is 21.7. The zero-order chi connectivity index (χ0) is 23.5. The van der Waals surface area contributed by atoms with E-state index in [0.717, 1.165) is 17.2 Å². The maximum absolute atomic E-state index is 13.1. The van der Waals surface area contributed by atoms with Crippen molar-refractivity contribution in [2.24, 2.45) is 0 Å². The van der Waals surface area contributed by atoms with Crippen LogP contribution < -0.4 is 10.2 Å². The maximum atomic E-state index is 13.1. The summed E-state index contributed by atoms with van der Waals surface area (Å²) in [4.78, 5) is 25.5. The van der Waals surface area contributed by atoms with Crippen molar-refractivity contribution in [3.05, 3.63) is 88.1 Å². The Morgan fingerprint density at radius 1 is 0.970 bits per heavy atom. The van der Waals surface area contributed by atoms with Crippen LogP contribution in [-0.2, 0) is 4.79 Å². The van der Waals surface area contributed by atoms with Gasteiger partial charge in [-0.15, -0.1) is 0 Å². The van der Waals surface area contributed by atoms with Gasteiger partial charge in [0.25, 0.3) is 0 Å². The maximum Gasteiger partial charge on any atom is 0.239 e. The van der Waals surface area contributed by atoms with Crippen molar-refractivity contribution in [3.63, 3.8) is 0 Å². The highest BCUT2D eigenvalue weighted by atomic mass is 16.5. The molecule has 166 valence electrons. The van der Waals surface area contributed by atoms with Crippen molar-refractivity contribution < 1.29 is 29.3 Å². The second-order valence-electron chi connectivity index (χ2n) is 7.47. The standard InChI is InChI=1S/C26H20O7/c1-15-2-4-16(5-3-15)6-9-19(28)14-32-26-24(31)23-21(30)12-20(29)13-22(23)33-25(26)17-7-10-18(27)11-8-17/h2-13,27,29-30H,14H2,1H3/b9-6+. The van der Waals surface area contributed by atoms with Gasteiger partial charge >= 0.3 is 0 Å². The molecule has 33 heavy (non-hydrogen) atoms. The molecule has 7 nitrogen and oxygen atoms in total. The fraction of sp³-hybridized carbons (Fsp3) is 0.0769. The molecule has 0 atom stereocenters. The number of phenols is 3. The number of aryl methyl sites for hydroxylation is 1. The van der Waals surface area contributed by atoms with Gasteiger partial charge in [-0.3, -0.25) is 9.59 Å². The van der Waals surface area contributed by atoms with Gasteiger partial charge in [0.2, 0.25) is 11.2 Å². The molecule has 3 N–H and O–H groups in total. The minimum atomic E-state index is -0.702. The SMILES string of the molecule is Cc1ccc(/C=C/C(=O)COc2c(-c3ccc(O)cc3)oc3cc(O)cc(O)c3c2=O)cc1. The topological polar surface area (TPSA) is 117 Å². The molecule has 0 bridgehead atoms. The zero-order valence-corrected chi connectivity index (χ0v) is 17.6. The third kappa shape index (κ3) is 4.72. The van der Waals surface area contributed by atoms with Gasteiger partial charge in [-0.2, -0.15) is 0 Å². The Morgan fingerprint density at radius 3 is 2.36 bits per heavy atom. The Hall–Kier alpha value is -4.52. The van der Waals surface area contributed by atoms with E-state index < -0.39 is 17.8 Å². The van der Waals surface area contributed by atoms with E-state index in [0.29, 0.717) is 5.56 Å². The van der Waals surface area contributed by atoms with Crippen LogP contribution in [0.5, 0.6) is 23.0 Å². The summed E-state index contributed by atoms with van der Waals surface area (Å²) in [5, 5.41) is 29.3. The van der Waals surface area contributed by atoms with Crippen molar-refractivity contribution in [2.75, 3.05) is 6.61 Å². The Bertz CT molecular complexity index is 1410. The minimum absolute atomic E-state index is 0.00665. The van der Waals surface area contributed by atoms with Crippen molar-refractivity contribution in [1.82, 2.24) is 0 Å². The Balaban J connectivity index is 1.70. The molecule has 1 heterocycles. The van der Waals surface area contributed by atoms with Crippen molar-refractivity contribution in [1.29, 1.82) is 0 Å². The van der Waals surface area contributed by atoms with Gasteiger partial charge in [-0.25, -0.2) is 0 Å². The molecule has 0 unspecified atom stereocenters. The third-order valence-corrected chi connectivity index (χ3v) is 4.94. The van der Waals surface area contributed by atoms with Crippen molar-refractivity contribution in [2.45, 2.75) is 6.92 Å². The second-order valence-corrected chi connectivity index (χ2v) is 7.47. The lowest BCUT2D eigenvalue weighted by molar-refractivity contribution is -0.116. The summed E-state index contributed by atoms with van der Waals surface area (Å²) in [6.07, 6.45) is 2.99. The molecule has 1 aromatic heterocycles. The van der Waals surface area contributed by atoms with Crippen LogP contribution in [0.4, 0.5) is 0 Å². The predicted molar refractivity (Wildman–Crippen MR) is 124 cm³/mol. The molecule has 0 aliphatic rings. The number of carbonyl (C=O) groups is 1. The molecule has 4 aromatic rings. The zero-order valence-electron chi connectivity index (χ0n) is 17.6. The molecule has 0 aliphatic heterocycles. The molecule has 3 aromatic carbocycles. The number of aromatic hydroxyl groups is 3. The smallest absolute Gasteiger partial charge is 0.239 e. The van der Waals surface area contributed by atoms with Crippen molar-refractivity contribution >= 4 is 22.8 Å². The average Bonchev–Trinajstić information content (AvgIpc) is 2.78. The normalized spacial score (nSPS) is 11.2. The van der Waals surface area contributed by atoms with Gasteiger partial charge in [0.1, 0.15) is 28.2 Å². The molecule has 0 amide bonds. The average molecular weight is 444 g/mol. The fourth-order valence-electron chi connectivity index (χ4n) is 3.26. The molecule has 0 saturated carbocycles. The Labute approximate surface area is 188 Å². The number of phenolic OH excluding ortho intramolecular Hbond substituents is 3. The van der Waals surface area contributed by atoms with Crippen LogP contribution in [0, 0.1) is 6.92 Å². The number of rotatable bonds is 6. The van der Waals surface area contributed by atoms with Crippen LogP contribution in [-0.4, -0.2) is 27.7 Å². The summed E-state index contributed by atoms with van der Waals surface area (Å²) >= 11 is 0. The number of ether oxygens (including phenoxy) is 1. The summed E-state index contributed by atoms with van der Waals surface area (Å²) < 4.78 is 11.4. The van der Waals surface area contributed by atoms with Gasteiger partial charge in [-0.05, 0) is 42.8 Å². The fourth-order valence-corrected chi connectivity index (χ4v) is 3.26. The first-order valence-electron chi connectivity index (χ1n) is 10.0. The van der Waals surface area contributed by atoms with Crippen LogP contribution in [0.15, 0.2) is 76.0 Å². The van der Waals surface area contributed by atoms with Gasteiger partial charge in [-0.1, -0.05) is 35.9 Å². The molecule has 0 fully saturated rings. The quantitative estimate of drug-likeness (QED) is 0.374. The predicted octanol–water partition coefficient (Wildman–Crippen LogP) is 4.55. The van der Waals surface area contributed by atoms with Gasteiger partial charge < -0.3 is 24.5 Å². The molecule has 0 spiro atoms. The Kier molecular flexibility index (Phi) is 5.87. The van der Waals surface area contributed by atoms with E-state index in [4.69, 9.17) is 9.15 Å². The minimum Gasteiger partial charge on any atom is -0.508 e. The molecule has 0 saturated heterocycles. The van der Waals surface area contributed by atoms with Crippen LogP contribution in [0.25, 0.3) is 28.4 Å². The molecule has 4 rings (SSSR count). The van der Waals surface area contributed by atoms with E-state index in [1.165, 1.54) is 36.4 Å². The van der Waals surface area contributed by atoms with Gasteiger partial charge in [0.05, 0.1) is 0 Å². The lowest BCUT2D eigenvalue weighted by Crippen LogP contribution is -2.15. The number of hydrogen-bond donors (Lipinski definition) is 3. The van der Waals surface area contributed by atoms with E-state index >= 15 is 0 Å².